The molecule has 2 aromatic rings. The van der Waals surface area contributed by atoms with Crippen LogP contribution in [0.5, 0.6) is 11.5 Å². The number of nitrogens with two attached hydrogens (primary N) is 1. The normalized spacial score (nSPS) is 22.0. The number of ether oxygens (including phenoxy) is 1. The van der Waals surface area contributed by atoms with Crippen LogP contribution < -0.4 is 10.5 Å². The van der Waals surface area contributed by atoms with Gasteiger partial charge < -0.3 is 15.6 Å². The third-order valence-corrected chi connectivity index (χ3v) is 4.92. The lowest BCUT2D eigenvalue weighted by molar-refractivity contribution is 0.110. The molecule has 4 rings (SSSR count). The predicted molar refractivity (Wildman–Crippen MR) is 96.2 cm³/mol. The summed E-state index contributed by atoms with van der Waals surface area (Å²) in [4.78, 5) is 0. The van der Waals surface area contributed by atoms with Crippen LogP contribution in [0.4, 0.5) is 5.69 Å². The van der Waals surface area contributed by atoms with Gasteiger partial charge in [-0.3, -0.25) is 0 Å². The number of nitrogen functional groups attached to an aromatic ring is 1. The molecule has 24 heavy (non-hydrogen) atoms. The van der Waals surface area contributed by atoms with Crippen molar-refractivity contribution in [2.45, 2.75) is 32.3 Å². The second-order valence-electron chi connectivity index (χ2n) is 6.65. The molecule has 0 bridgehead atoms. The molecule has 1 heterocycles. The highest BCUT2D eigenvalue weighted by molar-refractivity contribution is 5.66. The molecule has 0 saturated heterocycles. The molecular formula is C21H21NO2. The molecule has 0 spiro atoms. The smallest absolute Gasteiger partial charge is 0.147 e. The van der Waals surface area contributed by atoms with Gasteiger partial charge in [-0.1, -0.05) is 24.3 Å². The van der Waals surface area contributed by atoms with Crippen LogP contribution in [0, 0.1) is 6.92 Å². The van der Waals surface area contributed by atoms with E-state index >= 15 is 0 Å². The predicted octanol–water partition coefficient (Wildman–Crippen LogP) is 4.59. The first kappa shape index (κ1) is 15.0. The van der Waals surface area contributed by atoms with Crippen LogP contribution in [0.1, 0.15) is 36.5 Å². The van der Waals surface area contributed by atoms with Crippen molar-refractivity contribution in [3.63, 3.8) is 0 Å². The highest BCUT2D eigenvalue weighted by Gasteiger charge is 2.44. The Kier molecular flexibility index (Phi) is 3.29. The lowest BCUT2D eigenvalue weighted by Crippen LogP contribution is -2.34. The quantitative estimate of drug-likeness (QED) is 0.756. The first-order chi connectivity index (χ1) is 11.5. The van der Waals surface area contributed by atoms with E-state index in [1.165, 1.54) is 0 Å². The number of rotatable bonds is 1. The molecule has 0 fully saturated rings. The molecule has 0 aromatic heterocycles. The fraction of sp³-hybridized carbons (Fsp3) is 0.238. The fourth-order valence-electron chi connectivity index (χ4n) is 3.72. The van der Waals surface area contributed by atoms with Gasteiger partial charge in [-0.25, -0.2) is 0 Å². The number of hydrogen-bond donors (Lipinski definition) is 2. The van der Waals surface area contributed by atoms with E-state index in [-0.39, 0.29) is 0 Å². The molecule has 3 nitrogen and oxygen atoms in total. The summed E-state index contributed by atoms with van der Waals surface area (Å²) >= 11 is 0. The molecular weight excluding hydrogens is 298 g/mol. The molecule has 2 aliphatic rings. The maximum Gasteiger partial charge on any atom is 0.147 e. The maximum atomic E-state index is 11.9. The topological polar surface area (TPSA) is 55.5 Å². The Morgan fingerprint density at radius 1 is 0.958 bits per heavy atom. The van der Waals surface area contributed by atoms with Gasteiger partial charge in [0.15, 0.2) is 0 Å². The number of benzene rings is 2. The standard InChI is InChI=1S/C21H21NO2/c1-13-7-9-17-19(11-13)24-20-12-15(22)8-10-18(20)21(17,23)16-6-4-3-5-14(16)2/h5-12,23H,3-4,22H2,1-2H3. The van der Waals surface area contributed by atoms with Crippen molar-refractivity contribution >= 4 is 5.69 Å². The monoisotopic (exact) mass is 319 g/mol. The summed E-state index contributed by atoms with van der Waals surface area (Å²) in [7, 11) is 0. The highest BCUT2D eigenvalue weighted by Crippen LogP contribution is 2.52. The molecule has 1 aliphatic carbocycles. The lowest BCUT2D eigenvalue weighted by atomic mass is 9.73. The molecule has 3 N–H and O–H groups in total. The molecule has 122 valence electrons. The number of aliphatic hydroxyl groups is 1. The van der Waals surface area contributed by atoms with Crippen LogP contribution >= 0.6 is 0 Å². The SMILES string of the molecule is CC1=CCCC=C1C1(O)c2ccc(C)cc2Oc2cc(N)ccc21. The fourth-order valence-corrected chi connectivity index (χ4v) is 3.72. The molecule has 0 amide bonds. The summed E-state index contributed by atoms with van der Waals surface area (Å²) in [6, 6.07) is 11.4. The van der Waals surface area contributed by atoms with E-state index in [4.69, 9.17) is 10.5 Å². The number of fused-ring (bicyclic) bond motifs is 2. The van der Waals surface area contributed by atoms with E-state index in [9.17, 15) is 5.11 Å². The van der Waals surface area contributed by atoms with Gasteiger partial charge in [-0.2, -0.15) is 0 Å². The van der Waals surface area contributed by atoms with Gasteiger partial charge in [-0.05, 0) is 61.6 Å². The van der Waals surface area contributed by atoms with Crippen LogP contribution in [0.2, 0.25) is 0 Å². The Morgan fingerprint density at radius 3 is 2.38 bits per heavy atom. The molecule has 2 aromatic carbocycles. The van der Waals surface area contributed by atoms with Gasteiger partial charge in [0.2, 0.25) is 0 Å². The summed E-state index contributed by atoms with van der Waals surface area (Å²) in [5.41, 5.74) is 10.0. The first-order valence-electron chi connectivity index (χ1n) is 8.29. The van der Waals surface area contributed by atoms with Gasteiger partial charge in [0.1, 0.15) is 17.1 Å². The van der Waals surface area contributed by atoms with Crippen molar-refractivity contribution in [1.29, 1.82) is 0 Å². The number of aryl methyl sites for hydroxylation is 1. The molecule has 1 aliphatic heterocycles. The average Bonchev–Trinajstić information content (AvgIpc) is 2.54. The lowest BCUT2D eigenvalue weighted by Gasteiger charge is -2.39. The van der Waals surface area contributed by atoms with E-state index in [1.807, 2.05) is 37.3 Å². The van der Waals surface area contributed by atoms with E-state index < -0.39 is 5.60 Å². The van der Waals surface area contributed by atoms with Gasteiger partial charge in [0.25, 0.3) is 0 Å². The molecule has 3 heteroatoms. The second-order valence-corrected chi connectivity index (χ2v) is 6.65. The van der Waals surface area contributed by atoms with Crippen molar-refractivity contribution in [1.82, 2.24) is 0 Å². The Morgan fingerprint density at radius 2 is 1.62 bits per heavy atom. The van der Waals surface area contributed by atoms with Crippen LogP contribution in [0.3, 0.4) is 0 Å². The highest BCUT2D eigenvalue weighted by atomic mass is 16.5. The second kappa shape index (κ2) is 5.25. The minimum Gasteiger partial charge on any atom is -0.456 e. The third-order valence-electron chi connectivity index (χ3n) is 4.92. The first-order valence-corrected chi connectivity index (χ1v) is 8.29. The van der Waals surface area contributed by atoms with Gasteiger partial charge in [0, 0.05) is 22.9 Å². The minimum atomic E-state index is -1.22. The van der Waals surface area contributed by atoms with E-state index in [0.717, 1.165) is 40.7 Å². The van der Waals surface area contributed by atoms with Gasteiger partial charge in [0.05, 0.1) is 0 Å². The van der Waals surface area contributed by atoms with Crippen LogP contribution in [0.15, 0.2) is 59.7 Å². The van der Waals surface area contributed by atoms with Crippen LogP contribution in [-0.4, -0.2) is 5.11 Å². The Hall–Kier alpha value is -2.52. The van der Waals surface area contributed by atoms with Crippen molar-refractivity contribution in [3.05, 3.63) is 76.4 Å². The average molecular weight is 319 g/mol. The maximum absolute atomic E-state index is 11.9. The summed E-state index contributed by atoms with van der Waals surface area (Å²) in [6.45, 7) is 4.08. The Balaban J connectivity index is 2.03. The Bertz CT molecular complexity index is 841. The van der Waals surface area contributed by atoms with Crippen molar-refractivity contribution in [3.8, 4) is 11.5 Å². The zero-order valence-corrected chi connectivity index (χ0v) is 14.0. The molecule has 0 radical (unpaired) electrons. The minimum absolute atomic E-state index is 0.620. The van der Waals surface area contributed by atoms with Crippen molar-refractivity contribution in [2.24, 2.45) is 0 Å². The summed E-state index contributed by atoms with van der Waals surface area (Å²) in [5.74, 6) is 1.31. The molecule has 1 unspecified atom stereocenters. The van der Waals surface area contributed by atoms with Crippen molar-refractivity contribution in [2.75, 3.05) is 5.73 Å². The van der Waals surface area contributed by atoms with E-state index in [1.54, 1.807) is 6.07 Å². The van der Waals surface area contributed by atoms with Gasteiger partial charge >= 0.3 is 0 Å². The summed E-state index contributed by atoms with van der Waals surface area (Å²) < 4.78 is 6.07. The number of anilines is 1. The van der Waals surface area contributed by atoms with Crippen LogP contribution in [0.25, 0.3) is 0 Å². The third kappa shape index (κ3) is 2.09. The zero-order chi connectivity index (χ0) is 16.9. The summed E-state index contributed by atoms with van der Waals surface area (Å²) in [6.07, 6.45) is 6.27. The largest absolute Gasteiger partial charge is 0.456 e. The molecule has 1 atom stereocenters. The zero-order valence-electron chi connectivity index (χ0n) is 14.0. The van der Waals surface area contributed by atoms with Gasteiger partial charge in [-0.15, -0.1) is 0 Å². The van der Waals surface area contributed by atoms with E-state index in [0.29, 0.717) is 17.2 Å². The van der Waals surface area contributed by atoms with E-state index in [2.05, 4.69) is 19.1 Å². The molecule has 0 saturated carbocycles. The van der Waals surface area contributed by atoms with Crippen LogP contribution in [-0.2, 0) is 5.60 Å². The summed E-state index contributed by atoms with van der Waals surface area (Å²) in [5, 5.41) is 11.9. The van der Waals surface area contributed by atoms with Crippen molar-refractivity contribution < 1.29 is 9.84 Å². The number of allylic oxidation sites excluding steroid dienone is 2. The number of hydrogen-bond acceptors (Lipinski definition) is 3. The Labute approximate surface area is 142 Å².